The van der Waals surface area contributed by atoms with Gasteiger partial charge in [-0.3, -0.25) is 4.79 Å². The highest BCUT2D eigenvalue weighted by Crippen LogP contribution is 2.17. The molecule has 0 atom stereocenters. The van der Waals surface area contributed by atoms with Gasteiger partial charge in [-0.2, -0.15) is 0 Å². The fourth-order valence-electron chi connectivity index (χ4n) is 1.22. The highest BCUT2D eigenvalue weighted by molar-refractivity contribution is 7.14. The Morgan fingerprint density at radius 2 is 2.28 bits per heavy atom. The number of nitrogens with one attached hydrogen (secondary N) is 1. The van der Waals surface area contributed by atoms with Crippen LogP contribution in [0.15, 0.2) is 18.2 Å². The van der Waals surface area contributed by atoms with Crippen molar-refractivity contribution in [2.75, 3.05) is 20.3 Å². The van der Waals surface area contributed by atoms with Crippen LogP contribution in [0.4, 0.5) is 0 Å². The fraction of sp³-hybridized carbons (Fsp3) is 0.333. The van der Waals surface area contributed by atoms with Gasteiger partial charge < -0.3 is 15.2 Å². The smallest absolute Gasteiger partial charge is 0.328 e. The van der Waals surface area contributed by atoms with Gasteiger partial charge in [-0.05, 0) is 24.6 Å². The van der Waals surface area contributed by atoms with E-state index < -0.39 is 5.97 Å². The highest BCUT2D eigenvalue weighted by Gasteiger charge is 2.07. The predicted octanol–water partition coefficient (Wildman–Crippen LogP) is 1.61. The van der Waals surface area contributed by atoms with Crippen molar-refractivity contribution in [2.24, 2.45) is 0 Å². The van der Waals surface area contributed by atoms with Gasteiger partial charge >= 0.3 is 5.97 Å². The van der Waals surface area contributed by atoms with Gasteiger partial charge in [0.05, 0.1) is 4.88 Å². The minimum absolute atomic E-state index is 0.147. The van der Waals surface area contributed by atoms with E-state index in [1.807, 2.05) is 0 Å². The van der Waals surface area contributed by atoms with E-state index in [9.17, 15) is 9.59 Å². The Labute approximate surface area is 109 Å². The molecule has 0 unspecified atom stereocenters. The van der Waals surface area contributed by atoms with Gasteiger partial charge in [-0.1, -0.05) is 0 Å². The van der Waals surface area contributed by atoms with Crippen LogP contribution in [0.3, 0.4) is 0 Å². The molecule has 1 aromatic rings. The largest absolute Gasteiger partial charge is 0.478 e. The molecule has 5 nitrogen and oxygen atoms in total. The van der Waals surface area contributed by atoms with Gasteiger partial charge in [0, 0.05) is 31.2 Å². The van der Waals surface area contributed by atoms with Crippen molar-refractivity contribution in [3.05, 3.63) is 28.0 Å². The summed E-state index contributed by atoms with van der Waals surface area (Å²) in [5, 5.41) is 11.2. The van der Waals surface area contributed by atoms with Crippen LogP contribution >= 0.6 is 11.3 Å². The molecule has 0 aliphatic heterocycles. The van der Waals surface area contributed by atoms with Gasteiger partial charge in [-0.25, -0.2) is 4.79 Å². The lowest BCUT2D eigenvalue weighted by molar-refractivity contribution is -0.131. The minimum atomic E-state index is -1.01. The lowest BCUT2D eigenvalue weighted by Gasteiger charge is -2.02. The number of carbonyl (C=O) groups excluding carboxylic acids is 1. The molecule has 0 radical (unpaired) electrons. The highest BCUT2D eigenvalue weighted by atomic mass is 32.1. The van der Waals surface area contributed by atoms with E-state index in [0.717, 1.165) is 17.4 Å². The minimum Gasteiger partial charge on any atom is -0.478 e. The lowest BCUT2D eigenvalue weighted by atomic mass is 10.3. The van der Waals surface area contributed by atoms with Crippen molar-refractivity contribution in [2.45, 2.75) is 6.42 Å². The second-order valence-corrected chi connectivity index (χ2v) is 4.59. The molecule has 0 aliphatic rings. The van der Waals surface area contributed by atoms with Crippen molar-refractivity contribution in [1.29, 1.82) is 0 Å². The van der Waals surface area contributed by atoms with Crippen LogP contribution < -0.4 is 5.32 Å². The molecule has 18 heavy (non-hydrogen) atoms. The van der Waals surface area contributed by atoms with Gasteiger partial charge in [0.2, 0.25) is 0 Å². The Kier molecular flexibility index (Phi) is 6.10. The molecule has 0 bridgehead atoms. The van der Waals surface area contributed by atoms with Gasteiger partial charge in [-0.15, -0.1) is 11.3 Å². The molecular formula is C12H15NO4S. The summed E-state index contributed by atoms with van der Waals surface area (Å²) in [6.07, 6.45) is 3.28. The van der Waals surface area contributed by atoms with E-state index in [1.165, 1.54) is 17.4 Å². The molecule has 0 aliphatic carbocycles. The van der Waals surface area contributed by atoms with Crippen LogP contribution in [0.5, 0.6) is 0 Å². The van der Waals surface area contributed by atoms with Crippen LogP contribution in [0.1, 0.15) is 21.0 Å². The van der Waals surface area contributed by atoms with E-state index >= 15 is 0 Å². The summed E-state index contributed by atoms with van der Waals surface area (Å²) in [6, 6.07) is 3.39. The zero-order chi connectivity index (χ0) is 13.4. The van der Waals surface area contributed by atoms with E-state index in [1.54, 1.807) is 19.2 Å². The first-order chi connectivity index (χ1) is 8.63. The van der Waals surface area contributed by atoms with E-state index in [0.29, 0.717) is 18.0 Å². The normalized spacial score (nSPS) is 10.7. The average molecular weight is 269 g/mol. The number of amides is 1. The summed E-state index contributed by atoms with van der Waals surface area (Å²) in [7, 11) is 1.61. The number of aliphatic carboxylic acids is 1. The van der Waals surface area contributed by atoms with Crippen molar-refractivity contribution in [3.8, 4) is 0 Å². The molecule has 2 N–H and O–H groups in total. The number of thiophene rings is 1. The first-order valence-electron chi connectivity index (χ1n) is 5.41. The maximum atomic E-state index is 11.7. The first-order valence-corrected chi connectivity index (χ1v) is 6.23. The van der Waals surface area contributed by atoms with E-state index in [-0.39, 0.29) is 5.91 Å². The van der Waals surface area contributed by atoms with Crippen molar-refractivity contribution < 1.29 is 19.4 Å². The van der Waals surface area contributed by atoms with Crippen molar-refractivity contribution >= 4 is 29.3 Å². The van der Waals surface area contributed by atoms with Crippen LogP contribution in [0.2, 0.25) is 0 Å². The Hall–Kier alpha value is -1.66. The van der Waals surface area contributed by atoms with E-state index in [2.05, 4.69) is 5.32 Å². The number of rotatable bonds is 7. The Bertz CT molecular complexity index is 439. The van der Waals surface area contributed by atoms with Crippen molar-refractivity contribution in [3.63, 3.8) is 0 Å². The number of carboxylic acids is 1. The fourth-order valence-corrected chi connectivity index (χ4v) is 2.05. The number of ether oxygens (including phenoxy) is 1. The molecule has 6 heteroatoms. The van der Waals surface area contributed by atoms with Crippen molar-refractivity contribution in [1.82, 2.24) is 5.32 Å². The van der Waals surface area contributed by atoms with Crippen LogP contribution in [-0.4, -0.2) is 37.2 Å². The molecule has 1 aromatic heterocycles. The molecule has 1 heterocycles. The van der Waals surface area contributed by atoms with Crippen LogP contribution in [0.25, 0.3) is 6.08 Å². The molecule has 0 spiro atoms. The second-order valence-electron chi connectivity index (χ2n) is 3.48. The number of methoxy groups -OCH3 is 1. The van der Waals surface area contributed by atoms with Gasteiger partial charge in [0.25, 0.3) is 5.91 Å². The maximum Gasteiger partial charge on any atom is 0.328 e. The third kappa shape index (κ3) is 5.11. The lowest BCUT2D eigenvalue weighted by Crippen LogP contribution is -2.24. The number of carboxylic acid groups (broad SMARTS) is 1. The molecule has 0 aromatic carbocycles. The number of hydrogen-bond donors (Lipinski definition) is 2. The van der Waals surface area contributed by atoms with Gasteiger partial charge in [0.15, 0.2) is 0 Å². The van der Waals surface area contributed by atoms with Gasteiger partial charge in [0.1, 0.15) is 0 Å². The zero-order valence-corrected chi connectivity index (χ0v) is 10.8. The molecule has 0 fully saturated rings. The Morgan fingerprint density at radius 3 is 2.94 bits per heavy atom. The first kappa shape index (κ1) is 14.4. The third-order valence-corrected chi connectivity index (χ3v) is 3.10. The topological polar surface area (TPSA) is 75.6 Å². The molecule has 1 amide bonds. The summed E-state index contributed by atoms with van der Waals surface area (Å²) < 4.78 is 4.87. The third-order valence-electron chi connectivity index (χ3n) is 2.05. The van der Waals surface area contributed by atoms with Crippen LogP contribution in [-0.2, 0) is 9.53 Å². The summed E-state index contributed by atoms with van der Waals surface area (Å²) in [5.74, 6) is -1.15. The zero-order valence-electron chi connectivity index (χ0n) is 10.0. The summed E-state index contributed by atoms with van der Waals surface area (Å²) >= 11 is 1.25. The monoisotopic (exact) mass is 269 g/mol. The van der Waals surface area contributed by atoms with E-state index in [4.69, 9.17) is 9.84 Å². The molecule has 0 saturated heterocycles. The number of hydrogen-bond acceptors (Lipinski definition) is 4. The maximum absolute atomic E-state index is 11.7. The van der Waals surface area contributed by atoms with Crippen LogP contribution in [0, 0.1) is 0 Å². The Balaban J connectivity index is 2.46. The SMILES string of the molecule is COCCCNC(=O)c1ccc(/C=C/C(=O)O)s1. The Morgan fingerprint density at radius 1 is 1.50 bits per heavy atom. The summed E-state index contributed by atoms with van der Waals surface area (Å²) in [6.45, 7) is 1.17. The second kappa shape index (κ2) is 7.62. The predicted molar refractivity (Wildman–Crippen MR) is 69.8 cm³/mol. The quantitative estimate of drug-likeness (QED) is 0.582. The molecule has 98 valence electrons. The summed E-state index contributed by atoms with van der Waals surface area (Å²) in [4.78, 5) is 23.3. The number of carbonyl (C=O) groups is 2. The molecule has 1 rings (SSSR count). The molecule has 0 saturated carbocycles. The summed E-state index contributed by atoms with van der Waals surface area (Å²) in [5.41, 5.74) is 0. The molecular weight excluding hydrogens is 254 g/mol. The average Bonchev–Trinajstić information content (AvgIpc) is 2.80. The standard InChI is InChI=1S/C12H15NO4S/c1-17-8-2-7-13-12(16)10-5-3-9(18-10)4-6-11(14)15/h3-6H,2,7-8H2,1H3,(H,13,16)(H,14,15)/b6-4+.